The highest BCUT2D eigenvalue weighted by Crippen LogP contribution is 2.39. The number of carbonyl (C=O) groups excluding carboxylic acids is 2. The minimum atomic E-state index is -0.882. The monoisotopic (exact) mass is 1780 g/mol. The number of carbonyl (C=O) groups is 2. The minimum Gasteiger partial charge on any atom is -0.510 e. The van der Waals surface area contributed by atoms with Crippen molar-refractivity contribution in [1.29, 1.82) is 0 Å². The summed E-state index contributed by atoms with van der Waals surface area (Å²) in [6.45, 7) is 34.2. The van der Waals surface area contributed by atoms with Crippen molar-refractivity contribution in [3.8, 4) is 90.8 Å². The molecule has 4 aromatic heterocycles. The van der Waals surface area contributed by atoms with E-state index in [4.69, 9.17) is 109 Å². The van der Waals surface area contributed by atoms with E-state index >= 15 is 0 Å². The van der Waals surface area contributed by atoms with Crippen molar-refractivity contribution in [2.24, 2.45) is 11.3 Å². The van der Waals surface area contributed by atoms with E-state index in [-0.39, 0.29) is 61.0 Å². The van der Waals surface area contributed by atoms with Gasteiger partial charge in [0.1, 0.15) is 63.0 Å². The lowest BCUT2D eigenvalue weighted by atomic mass is 9.86. The number of aromatic nitrogens is 8. The predicted octanol–water partition coefficient (Wildman–Crippen LogP) is 24.6. The fourth-order valence-corrected chi connectivity index (χ4v) is 13.6. The van der Waals surface area contributed by atoms with Gasteiger partial charge in [0.05, 0.1) is 147 Å². The number of aliphatic hydroxyl groups excluding tert-OH is 2. The SMILES string of the molecule is C=C(O)C(C)(C)OCc1cc(-c2cccc(OC3CCC3)c2)n(-c2ccccc2Cl)n1.C=C(O)C(C)(C)OCc1cc(-c2cccc(OC3COC3)c2)n(-c2ccccc2Cl)n1.CC(=O)C(C)(C)OCc1cc(-c2cccc(OCC(C)(C)C)c2)n(-c2ccccc2Cl)n1.CC(=O)C(C)(C)OCc1cc(-c2cccc(OCC3CCC3)c2)n(-c2ccccc2Cl)n1. The summed E-state index contributed by atoms with van der Waals surface area (Å²) in [6, 6.07) is 70.0. The van der Waals surface area contributed by atoms with E-state index in [0.717, 1.165) is 122 Å². The van der Waals surface area contributed by atoms with E-state index in [1.54, 1.807) is 60.1 Å². The Morgan fingerprint density at radius 2 is 0.683 bits per heavy atom. The van der Waals surface area contributed by atoms with E-state index < -0.39 is 22.4 Å². The zero-order chi connectivity index (χ0) is 90.3. The maximum Gasteiger partial charge on any atom is 0.161 e. The average Bonchev–Trinajstić information content (AvgIpc) is 1.65. The van der Waals surface area contributed by atoms with Crippen LogP contribution in [0, 0.1) is 11.3 Å². The normalized spacial score (nSPS) is 13.7. The summed E-state index contributed by atoms with van der Waals surface area (Å²) in [5.41, 5.74) is 9.77. The standard InChI is InChI=1S/C26H29ClN2O3.C26H31ClN2O3.C25H27ClN2O3.C24H25ClN2O4/c1-18(30)26(2,3)32-17-21-15-25(29(28-21)24-13-5-4-12-23(24)27)20-10-7-11-22(14-20)31-16-19-8-6-9-19;1-18(30)26(5,6)32-16-20-15-24(29(28-20)23-13-8-7-12-22(23)27)19-10-9-11-21(14-19)31-17-25(2,3)4;1-17(29)25(2,3)30-16-19-15-24(28(27-19)23-13-5-4-12-22(23)26)18-8-6-11-21(14-18)31-20-9-7-10-20;1-16(28)24(2,3)30-13-18-12-23(27(26-18)22-10-5-4-9-21(22)25)17-7-6-8-19(11-17)31-20-14-29-15-20/h4-5,7,10-15,19H,6,8-9,16-17H2,1-3H3;7-15H,16-17H2,1-6H3;4-6,8,11-15,20,29H,1,7,9-10,16H2,2-3H3;4-12,20,28H,1,13-15H2,2-3H3. The first-order valence-electron chi connectivity index (χ1n) is 42.2. The first-order chi connectivity index (χ1) is 60.0. The Balaban J connectivity index is 0.000000153. The maximum absolute atomic E-state index is 11.8. The predicted molar refractivity (Wildman–Crippen MR) is 498 cm³/mol. The average molecular weight is 1790 g/mol. The maximum atomic E-state index is 11.8. The molecule has 0 atom stereocenters. The zero-order valence-corrected chi connectivity index (χ0v) is 76.8. The van der Waals surface area contributed by atoms with Gasteiger partial charge in [-0.15, -0.1) is 0 Å². The van der Waals surface area contributed by atoms with Crippen LogP contribution in [0.3, 0.4) is 0 Å². The molecule has 662 valence electrons. The Morgan fingerprint density at radius 3 is 0.952 bits per heavy atom. The van der Waals surface area contributed by atoms with Crippen molar-refractivity contribution in [2.75, 3.05) is 26.4 Å². The van der Waals surface area contributed by atoms with Crippen LogP contribution in [0.25, 0.3) is 67.8 Å². The van der Waals surface area contributed by atoms with E-state index in [1.807, 2.05) is 232 Å². The third-order valence-electron chi connectivity index (χ3n) is 21.9. The molecule has 2 saturated carbocycles. The van der Waals surface area contributed by atoms with Gasteiger partial charge in [-0.25, -0.2) is 18.7 Å². The molecule has 3 fully saturated rings. The van der Waals surface area contributed by atoms with Crippen LogP contribution in [-0.4, -0.2) is 122 Å². The van der Waals surface area contributed by atoms with Gasteiger partial charge in [-0.1, -0.05) is 184 Å². The van der Waals surface area contributed by atoms with Crippen LogP contribution in [0.15, 0.2) is 243 Å². The van der Waals surface area contributed by atoms with Gasteiger partial charge >= 0.3 is 0 Å². The lowest BCUT2D eigenvalue weighted by Gasteiger charge is -2.26. The van der Waals surface area contributed by atoms with Gasteiger partial charge in [0.15, 0.2) is 11.6 Å². The number of hydrogen-bond donors (Lipinski definition) is 2. The Hall–Kier alpha value is -10.8. The molecule has 0 unspecified atom stereocenters. The van der Waals surface area contributed by atoms with Gasteiger partial charge in [0.2, 0.25) is 0 Å². The number of hydrogen-bond acceptors (Lipinski definition) is 17. The lowest BCUT2D eigenvalue weighted by molar-refractivity contribution is -0.140. The highest BCUT2D eigenvalue weighted by molar-refractivity contribution is 6.33. The van der Waals surface area contributed by atoms with Crippen molar-refractivity contribution in [3.63, 3.8) is 0 Å². The summed E-state index contributed by atoms with van der Waals surface area (Å²) in [5, 5.41) is 40.9. The minimum absolute atomic E-state index is 0.0282. The van der Waals surface area contributed by atoms with E-state index in [9.17, 15) is 19.8 Å². The molecule has 2 aliphatic carbocycles. The number of rotatable bonds is 33. The van der Waals surface area contributed by atoms with Gasteiger partial charge in [0.25, 0.3) is 0 Å². The van der Waals surface area contributed by atoms with Gasteiger partial charge in [0, 0.05) is 22.3 Å². The Labute approximate surface area is 758 Å². The molecule has 3 aliphatic rings. The van der Waals surface area contributed by atoms with Crippen LogP contribution in [0.4, 0.5) is 0 Å². The quantitative estimate of drug-likeness (QED) is 0.0364. The van der Waals surface area contributed by atoms with Gasteiger partial charge in [-0.05, 0) is 234 Å². The van der Waals surface area contributed by atoms with Gasteiger partial charge < -0.3 is 52.8 Å². The summed E-state index contributed by atoms with van der Waals surface area (Å²) in [6.07, 6.45) is 7.63. The van der Waals surface area contributed by atoms with E-state index in [0.29, 0.717) is 63.3 Å². The van der Waals surface area contributed by atoms with Gasteiger partial charge in [-0.2, -0.15) is 20.4 Å². The summed E-state index contributed by atoms with van der Waals surface area (Å²) in [4.78, 5) is 23.7. The molecule has 5 heterocycles. The van der Waals surface area contributed by atoms with Crippen LogP contribution in [0.5, 0.6) is 23.0 Å². The highest BCUT2D eigenvalue weighted by Gasteiger charge is 2.31. The fraction of sp³-hybridized carbons (Fsp3) is 0.347. The second-order valence-electron chi connectivity index (χ2n) is 34.8. The molecule has 1 aliphatic heterocycles. The summed E-state index contributed by atoms with van der Waals surface area (Å²) in [7, 11) is 0. The summed E-state index contributed by atoms with van der Waals surface area (Å²) in [5.74, 6) is 3.80. The zero-order valence-electron chi connectivity index (χ0n) is 73.8. The van der Waals surface area contributed by atoms with Crippen molar-refractivity contribution >= 4 is 58.0 Å². The smallest absolute Gasteiger partial charge is 0.161 e. The van der Waals surface area contributed by atoms with E-state index in [2.05, 4.69) is 33.9 Å². The van der Waals surface area contributed by atoms with Crippen LogP contribution in [0.2, 0.25) is 20.1 Å². The molecule has 0 spiro atoms. The molecular formula is C101H112Cl4N8O13. The second-order valence-corrected chi connectivity index (χ2v) is 36.4. The molecule has 8 aromatic carbocycles. The number of aliphatic hydroxyl groups is 2. The number of ketones is 2. The molecule has 0 bridgehead atoms. The third kappa shape index (κ3) is 25.1. The molecular weight excluding hydrogens is 1670 g/mol. The number of ether oxygens (including phenoxy) is 9. The number of halogens is 4. The molecule has 126 heavy (non-hydrogen) atoms. The molecule has 21 nitrogen and oxygen atoms in total. The first kappa shape index (κ1) is 94.3. The van der Waals surface area contributed by atoms with Crippen molar-refractivity contribution in [3.05, 3.63) is 286 Å². The molecule has 2 N–H and O–H groups in total. The molecule has 12 aromatic rings. The Kier molecular flexibility index (Phi) is 31.2. The van der Waals surface area contributed by atoms with Crippen LogP contribution in [0.1, 0.15) is 151 Å². The van der Waals surface area contributed by atoms with Gasteiger partial charge in [-0.3, -0.25) is 9.59 Å². The van der Waals surface area contributed by atoms with Crippen LogP contribution >= 0.6 is 46.4 Å². The third-order valence-corrected chi connectivity index (χ3v) is 23.2. The molecule has 0 radical (unpaired) electrons. The number of para-hydroxylation sites is 4. The fourth-order valence-electron chi connectivity index (χ4n) is 12.7. The number of nitrogens with zero attached hydrogens (tertiary/aromatic N) is 8. The molecule has 25 heteroatoms. The topological polar surface area (TPSA) is 229 Å². The van der Waals surface area contributed by atoms with Crippen molar-refractivity contribution < 1.29 is 62.4 Å². The second kappa shape index (κ2) is 41.7. The lowest BCUT2D eigenvalue weighted by Crippen LogP contribution is -2.38. The summed E-state index contributed by atoms with van der Waals surface area (Å²) < 4.78 is 60.0. The van der Waals surface area contributed by atoms with Crippen molar-refractivity contribution in [2.45, 2.75) is 190 Å². The Morgan fingerprint density at radius 1 is 0.389 bits per heavy atom. The van der Waals surface area contributed by atoms with E-state index in [1.165, 1.54) is 39.5 Å². The Bertz CT molecular complexity index is 5590. The van der Waals surface area contributed by atoms with Crippen LogP contribution in [-0.2, 0) is 59.7 Å². The first-order valence-corrected chi connectivity index (χ1v) is 43.8. The number of benzene rings is 8. The molecule has 15 rings (SSSR count). The summed E-state index contributed by atoms with van der Waals surface area (Å²) >= 11 is 25.9. The highest BCUT2D eigenvalue weighted by atomic mass is 35.5. The molecule has 1 saturated heterocycles. The van der Waals surface area contributed by atoms with Crippen molar-refractivity contribution in [1.82, 2.24) is 39.1 Å². The van der Waals surface area contributed by atoms with Crippen LogP contribution < -0.4 is 18.9 Å². The molecule has 0 amide bonds. The largest absolute Gasteiger partial charge is 0.510 e. The number of Topliss-reactive ketones (excluding diaryl/α,β-unsaturated/α-hetero) is 2.